The van der Waals surface area contributed by atoms with E-state index in [2.05, 4.69) is 15.5 Å². The monoisotopic (exact) mass is 535 g/mol. The topological polar surface area (TPSA) is 95.0 Å². The second-order valence-corrected chi connectivity index (χ2v) is 9.86. The minimum absolute atomic E-state index is 0.0127. The molecule has 2 aromatic carbocycles. The van der Waals surface area contributed by atoms with Crippen LogP contribution in [0.25, 0.3) is 10.8 Å². The third kappa shape index (κ3) is 5.10. The molecule has 0 spiro atoms. The molecule has 0 radical (unpaired) electrons. The molecule has 38 heavy (non-hydrogen) atoms. The molecule has 0 saturated carbocycles. The van der Waals surface area contributed by atoms with Crippen LogP contribution in [-0.2, 0) is 15.4 Å². The maximum absolute atomic E-state index is 15.3. The molecule has 0 unspecified atom stereocenters. The van der Waals surface area contributed by atoms with Gasteiger partial charge in [0, 0.05) is 30.6 Å². The molecule has 11 heteroatoms. The number of aliphatic hydroxyl groups is 1. The van der Waals surface area contributed by atoms with Gasteiger partial charge in [-0.3, -0.25) is 0 Å². The highest BCUT2D eigenvalue weighted by Crippen LogP contribution is 2.42. The number of ether oxygens (including phenoxy) is 4. The average molecular weight is 536 g/mol. The van der Waals surface area contributed by atoms with Gasteiger partial charge in [0.05, 0.1) is 17.3 Å². The Hall–Kier alpha value is -3.15. The fourth-order valence-corrected chi connectivity index (χ4v) is 4.36. The molecule has 206 valence electrons. The van der Waals surface area contributed by atoms with Crippen LogP contribution in [0.15, 0.2) is 30.3 Å². The van der Waals surface area contributed by atoms with Gasteiger partial charge < -0.3 is 29.4 Å². The first-order chi connectivity index (χ1) is 17.9. The number of anilines is 1. The Morgan fingerprint density at radius 3 is 2.16 bits per heavy atom. The largest absolute Gasteiger partial charge is 0.487 e. The van der Waals surface area contributed by atoms with Crippen LogP contribution in [0, 0.1) is 12.7 Å². The number of aromatic nitrogens is 2. The summed E-state index contributed by atoms with van der Waals surface area (Å²) in [5, 5.41) is 22.8. The van der Waals surface area contributed by atoms with Crippen molar-refractivity contribution in [2.45, 2.75) is 57.5 Å². The number of hydrogen-bond donors (Lipinski definition) is 2. The van der Waals surface area contributed by atoms with Gasteiger partial charge in [0.2, 0.25) is 0 Å². The lowest BCUT2D eigenvalue weighted by molar-refractivity contribution is -0.170. The van der Waals surface area contributed by atoms with E-state index in [1.165, 1.54) is 12.1 Å². The van der Waals surface area contributed by atoms with Crippen LogP contribution in [0.5, 0.6) is 11.5 Å². The number of benzene rings is 2. The first kappa shape index (κ1) is 27.9. The summed E-state index contributed by atoms with van der Waals surface area (Å²) in [6.45, 7) is 5.77. The summed E-state index contributed by atoms with van der Waals surface area (Å²) in [7, 11) is 3.14. The van der Waals surface area contributed by atoms with Crippen LogP contribution in [-0.4, -0.2) is 60.5 Å². The quantitative estimate of drug-likeness (QED) is 0.441. The fourth-order valence-electron chi connectivity index (χ4n) is 4.36. The van der Waals surface area contributed by atoms with E-state index in [1.54, 1.807) is 40.2 Å². The molecule has 0 saturated heterocycles. The summed E-state index contributed by atoms with van der Waals surface area (Å²) >= 11 is 0. The maximum Gasteiger partial charge on any atom is 0.303 e. The third-order valence-electron chi connectivity index (χ3n) is 6.81. The van der Waals surface area contributed by atoms with Crippen LogP contribution >= 0.6 is 0 Å². The number of aryl methyl sites for hydroxylation is 1. The molecule has 1 aromatic heterocycles. The van der Waals surface area contributed by atoms with Crippen molar-refractivity contribution < 1.29 is 37.2 Å². The number of nitrogens with one attached hydrogen (secondary N) is 1. The molecule has 0 amide bonds. The summed E-state index contributed by atoms with van der Waals surface area (Å²) in [6, 6.07) is 6.47. The number of nitrogens with zero attached hydrogens (tertiary/aromatic N) is 2. The Kier molecular flexibility index (Phi) is 7.74. The van der Waals surface area contributed by atoms with Gasteiger partial charge in [0.1, 0.15) is 36.8 Å². The van der Waals surface area contributed by atoms with Crippen LogP contribution in [0.3, 0.4) is 0 Å². The van der Waals surface area contributed by atoms with E-state index in [0.29, 0.717) is 28.4 Å². The van der Waals surface area contributed by atoms with Crippen molar-refractivity contribution in [3.05, 3.63) is 53.0 Å². The molecular weight excluding hydrogens is 503 g/mol. The number of hydrogen-bond acceptors (Lipinski definition) is 8. The molecule has 0 aliphatic carbocycles. The lowest BCUT2D eigenvalue weighted by Crippen LogP contribution is -2.41. The molecule has 0 fully saturated rings. The second-order valence-electron chi connectivity index (χ2n) is 9.86. The molecule has 1 aliphatic heterocycles. The van der Waals surface area contributed by atoms with E-state index in [4.69, 9.17) is 18.9 Å². The van der Waals surface area contributed by atoms with E-state index in [-0.39, 0.29) is 31.0 Å². The fraction of sp³-hybridized carbons (Fsp3) is 0.481. The Balaban J connectivity index is 1.71. The van der Waals surface area contributed by atoms with E-state index in [0.717, 1.165) is 25.3 Å². The summed E-state index contributed by atoms with van der Waals surface area (Å²) in [6.07, 6.45) is -0.677. The standard InChI is InChI=1S/C27H32F3N3O5/c1-14(16-8-7-9-19(24(16)28)27(29,30)26(3,4)34)31-25-18-11-21-20(10-17(18)15(2)32-33-25)37-12-22(35-5)23(36-6)13-38-21/h7-11,14,22-23,34H,12-13H2,1-6H3,(H,31,33)/t14-,22+,23-/m1/s1. The summed E-state index contributed by atoms with van der Waals surface area (Å²) in [5.74, 6) is -3.65. The molecular formula is C27H32F3N3O5. The van der Waals surface area contributed by atoms with Crippen molar-refractivity contribution in [2.24, 2.45) is 0 Å². The first-order valence-corrected chi connectivity index (χ1v) is 12.2. The maximum atomic E-state index is 15.3. The SMILES string of the molecule is CO[C@H]1COc2cc3c(C)nnc(N[C@H](C)c4cccc(C(F)(F)C(C)(C)O)c4F)c3cc2OC[C@H]1OC. The van der Waals surface area contributed by atoms with Crippen LogP contribution in [0.1, 0.15) is 43.6 Å². The lowest BCUT2D eigenvalue weighted by atomic mass is 9.91. The Morgan fingerprint density at radius 2 is 1.61 bits per heavy atom. The number of alkyl halides is 2. The van der Waals surface area contributed by atoms with Gasteiger partial charge in [-0.25, -0.2) is 4.39 Å². The Bertz CT molecular complexity index is 1320. The minimum Gasteiger partial charge on any atom is -0.487 e. The van der Waals surface area contributed by atoms with Gasteiger partial charge in [-0.05, 0) is 45.9 Å². The zero-order chi connectivity index (χ0) is 27.8. The van der Waals surface area contributed by atoms with Gasteiger partial charge in [0.25, 0.3) is 0 Å². The van der Waals surface area contributed by atoms with E-state index < -0.39 is 28.9 Å². The van der Waals surface area contributed by atoms with E-state index in [9.17, 15) is 13.9 Å². The van der Waals surface area contributed by atoms with Crippen LogP contribution < -0.4 is 14.8 Å². The number of fused-ring (bicyclic) bond motifs is 2. The molecule has 2 N–H and O–H groups in total. The Labute approximate surface area is 219 Å². The average Bonchev–Trinajstić information content (AvgIpc) is 2.85. The smallest absolute Gasteiger partial charge is 0.303 e. The number of halogens is 3. The number of methoxy groups -OCH3 is 2. The highest BCUT2D eigenvalue weighted by atomic mass is 19.3. The van der Waals surface area contributed by atoms with Gasteiger partial charge in [-0.1, -0.05) is 12.1 Å². The normalized spacial score (nSPS) is 19.1. The minimum atomic E-state index is -3.81. The Morgan fingerprint density at radius 1 is 1.03 bits per heavy atom. The first-order valence-electron chi connectivity index (χ1n) is 12.2. The summed E-state index contributed by atoms with van der Waals surface area (Å²) in [4.78, 5) is 0. The number of rotatable bonds is 7. The van der Waals surface area contributed by atoms with Crippen molar-refractivity contribution in [2.75, 3.05) is 32.8 Å². The van der Waals surface area contributed by atoms with Gasteiger partial charge in [0.15, 0.2) is 17.3 Å². The van der Waals surface area contributed by atoms with E-state index >= 15 is 4.39 Å². The zero-order valence-electron chi connectivity index (χ0n) is 22.1. The zero-order valence-corrected chi connectivity index (χ0v) is 22.1. The van der Waals surface area contributed by atoms with Crippen molar-refractivity contribution >= 4 is 16.6 Å². The molecule has 0 bridgehead atoms. The molecule has 2 heterocycles. The van der Waals surface area contributed by atoms with Crippen molar-refractivity contribution in [1.82, 2.24) is 10.2 Å². The predicted octanol–water partition coefficient (Wildman–Crippen LogP) is 4.91. The van der Waals surface area contributed by atoms with Crippen molar-refractivity contribution in [1.29, 1.82) is 0 Å². The molecule has 3 atom stereocenters. The van der Waals surface area contributed by atoms with Crippen molar-refractivity contribution in [3.63, 3.8) is 0 Å². The van der Waals surface area contributed by atoms with E-state index in [1.807, 2.05) is 0 Å². The molecule has 4 rings (SSSR count). The van der Waals surface area contributed by atoms with Gasteiger partial charge in [-0.2, -0.15) is 13.9 Å². The van der Waals surface area contributed by atoms with Gasteiger partial charge in [-0.15, -0.1) is 5.10 Å². The third-order valence-corrected chi connectivity index (χ3v) is 6.81. The molecule has 3 aromatic rings. The summed E-state index contributed by atoms with van der Waals surface area (Å²) in [5.41, 5.74) is -2.72. The van der Waals surface area contributed by atoms with Crippen LogP contribution in [0.2, 0.25) is 0 Å². The highest BCUT2D eigenvalue weighted by molar-refractivity contribution is 5.95. The second kappa shape index (κ2) is 10.5. The highest BCUT2D eigenvalue weighted by Gasteiger charge is 2.49. The lowest BCUT2D eigenvalue weighted by Gasteiger charge is -2.30. The molecule has 8 nitrogen and oxygen atoms in total. The molecule has 1 aliphatic rings. The summed E-state index contributed by atoms with van der Waals surface area (Å²) < 4.78 is 67.8. The van der Waals surface area contributed by atoms with Crippen LogP contribution in [0.4, 0.5) is 19.0 Å². The van der Waals surface area contributed by atoms with Crippen molar-refractivity contribution in [3.8, 4) is 11.5 Å². The predicted molar refractivity (Wildman–Crippen MR) is 135 cm³/mol. The van der Waals surface area contributed by atoms with Gasteiger partial charge >= 0.3 is 5.92 Å².